The number of aromatic nitrogens is 2. The van der Waals surface area contributed by atoms with Crippen LogP contribution in [0.5, 0.6) is 0 Å². The molecule has 2 aromatic rings. The highest BCUT2D eigenvalue weighted by Gasteiger charge is 2.04. The molecule has 0 radical (unpaired) electrons. The standard InChI is InChI=1S/C14H14N4/c1-3-17-14-9-16-8-13(18-14)11-5-4-10(2)12(6-11)7-15/h4-6,8-9H,3H2,1-2H3,(H,17,18). The zero-order chi connectivity index (χ0) is 13.0. The van der Waals surface area contributed by atoms with Crippen molar-refractivity contribution in [2.24, 2.45) is 0 Å². The number of nitriles is 1. The molecule has 0 aliphatic heterocycles. The highest BCUT2D eigenvalue weighted by Crippen LogP contribution is 2.20. The third-order valence-corrected chi connectivity index (χ3v) is 2.65. The van der Waals surface area contributed by atoms with Crippen molar-refractivity contribution >= 4 is 5.82 Å². The highest BCUT2D eigenvalue weighted by atomic mass is 15.0. The van der Waals surface area contributed by atoms with Gasteiger partial charge < -0.3 is 5.32 Å². The predicted octanol–water partition coefficient (Wildman–Crippen LogP) is 2.76. The van der Waals surface area contributed by atoms with Gasteiger partial charge in [0.25, 0.3) is 0 Å². The van der Waals surface area contributed by atoms with Crippen LogP contribution < -0.4 is 5.32 Å². The molecule has 0 amide bonds. The van der Waals surface area contributed by atoms with E-state index in [1.54, 1.807) is 12.4 Å². The first-order valence-electron chi connectivity index (χ1n) is 5.81. The van der Waals surface area contributed by atoms with Gasteiger partial charge in [0.1, 0.15) is 5.82 Å². The van der Waals surface area contributed by atoms with Crippen LogP contribution in [0.1, 0.15) is 18.1 Å². The zero-order valence-electron chi connectivity index (χ0n) is 10.4. The fourth-order valence-electron chi connectivity index (χ4n) is 1.67. The molecule has 0 bridgehead atoms. The highest BCUT2D eigenvalue weighted by molar-refractivity contribution is 5.63. The van der Waals surface area contributed by atoms with E-state index in [1.165, 1.54) is 0 Å². The van der Waals surface area contributed by atoms with E-state index in [1.807, 2.05) is 32.0 Å². The Morgan fingerprint density at radius 3 is 2.89 bits per heavy atom. The van der Waals surface area contributed by atoms with Gasteiger partial charge in [-0.3, -0.25) is 4.98 Å². The first-order chi connectivity index (χ1) is 8.74. The normalized spacial score (nSPS) is 9.83. The van der Waals surface area contributed by atoms with Gasteiger partial charge in [0.15, 0.2) is 0 Å². The first kappa shape index (κ1) is 12.1. The summed E-state index contributed by atoms with van der Waals surface area (Å²) in [6.45, 7) is 4.73. The summed E-state index contributed by atoms with van der Waals surface area (Å²) in [5.74, 6) is 0.745. The first-order valence-corrected chi connectivity index (χ1v) is 5.81. The maximum Gasteiger partial charge on any atom is 0.145 e. The van der Waals surface area contributed by atoms with E-state index in [4.69, 9.17) is 5.26 Å². The summed E-state index contributed by atoms with van der Waals surface area (Å²) in [7, 11) is 0. The number of nitrogens with one attached hydrogen (secondary N) is 1. The van der Waals surface area contributed by atoms with Crippen molar-refractivity contribution in [2.45, 2.75) is 13.8 Å². The van der Waals surface area contributed by atoms with Crippen molar-refractivity contribution in [1.29, 1.82) is 5.26 Å². The third kappa shape index (κ3) is 2.46. The number of anilines is 1. The Morgan fingerprint density at radius 2 is 2.17 bits per heavy atom. The fraction of sp³-hybridized carbons (Fsp3) is 0.214. The Labute approximate surface area is 106 Å². The summed E-state index contributed by atoms with van der Waals surface area (Å²) >= 11 is 0. The van der Waals surface area contributed by atoms with Gasteiger partial charge in [-0.15, -0.1) is 0 Å². The van der Waals surface area contributed by atoms with Crippen molar-refractivity contribution in [3.8, 4) is 17.3 Å². The molecule has 0 unspecified atom stereocenters. The van der Waals surface area contributed by atoms with E-state index in [2.05, 4.69) is 21.4 Å². The summed E-state index contributed by atoms with van der Waals surface area (Å²) in [6.07, 6.45) is 3.39. The smallest absolute Gasteiger partial charge is 0.145 e. The van der Waals surface area contributed by atoms with Gasteiger partial charge >= 0.3 is 0 Å². The average Bonchev–Trinajstić information content (AvgIpc) is 2.40. The van der Waals surface area contributed by atoms with Gasteiger partial charge in [-0.1, -0.05) is 12.1 Å². The van der Waals surface area contributed by atoms with Crippen molar-refractivity contribution in [1.82, 2.24) is 9.97 Å². The molecule has 18 heavy (non-hydrogen) atoms. The SMILES string of the molecule is CCNc1cncc(-c2ccc(C)c(C#N)c2)n1. The summed E-state index contributed by atoms with van der Waals surface area (Å²) in [4.78, 5) is 8.60. The molecular weight excluding hydrogens is 224 g/mol. The van der Waals surface area contributed by atoms with E-state index in [9.17, 15) is 0 Å². The van der Waals surface area contributed by atoms with Crippen molar-refractivity contribution in [3.63, 3.8) is 0 Å². The Morgan fingerprint density at radius 1 is 1.33 bits per heavy atom. The van der Waals surface area contributed by atoms with Crippen LogP contribution in [0.4, 0.5) is 5.82 Å². The number of nitrogens with zero attached hydrogens (tertiary/aromatic N) is 3. The molecule has 0 saturated carbocycles. The fourth-order valence-corrected chi connectivity index (χ4v) is 1.67. The van der Waals surface area contributed by atoms with Gasteiger partial charge in [0, 0.05) is 12.1 Å². The lowest BCUT2D eigenvalue weighted by molar-refractivity contribution is 1.12. The maximum atomic E-state index is 9.03. The monoisotopic (exact) mass is 238 g/mol. The second-order valence-corrected chi connectivity index (χ2v) is 3.96. The molecule has 1 N–H and O–H groups in total. The molecule has 1 aromatic heterocycles. The average molecular weight is 238 g/mol. The number of aryl methyl sites for hydroxylation is 1. The van der Waals surface area contributed by atoms with Gasteiger partial charge in [-0.05, 0) is 25.5 Å². The van der Waals surface area contributed by atoms with Crippen LogP contribution >= 0.6 is 0 Å². The lowest BCUT2D eigenvalue weighted by atomic mass is 10.0. The molecule has 0 aliphatic rings. The molecular formula is C14H14N4. The summed E-state index contributed by atoms with van der Waals surface area (Å²) in [5.41, 5.74) is 3.31. The molecule has 0 fully saturated rings. The predicted molar refractivity (Wildman–Crippen MR) is 71.1 cm³/mol. The molecule has 1 aromatic carbocycles. The maximum absolute atomic E-state index is 9.03. The molecule has 0 spiro atoms. The number of hydrogen-bond acceptors (Lipinski definition) is 4. The van der Waals surface area contributed by atoms with Crippen LogP contribution in [0.3, 0.4) is 0 Å². The summed E-state index contributed by atoms with van der Waals surface area (Å²) in [6, 6.07) is 7.90. The van der Waals surface area contributed by atoms with Crippen LogP contribution in [0, 0.1) is 18.3 Å². The molecule has 0 saturated heterocycles. The molecule has 0 atom stereocenters. The number of benzene rings is 1. The Balaban J connectivity index is 2.42. The zero-order valence-corrected chi connectivity index (χ0v) is 10.4. The van der Waals surface area contributed by atoms with Crippen LogP contribution in [0.15, 0.2) is 30.6 Å². The van der Waals surface area contributed by atoms with Crippen molar-refractivity contribution < 1.29 is 0 Å². The van der Waals surface area contributed by atoms with Crippen LogP contribution in [-0.4, -0.2) is 16.5 Å². The quantitative estimate of drug-likeness (QED) is 0.893. The molecule has 4 nitrogen and oxygen atoms in total. The van der Waals surface area contributed by atoms with Crippen molar-refractivity contribution in [2.75, 3.05) is 11.9 Å². The number of rotatable bonds is 3. The minimum absolute atomic E-state index is 0.670. The molecule has 90 valence electrons. The topological polar surface area (TPSA) is 61.6 Å². The lowest BCUT2D eigenvalue weighted by Crippen LogP contribution is -2.00. The molecule has 4 heteroatoms. The van der Waals surface area contributed by atoms with Gasteiger partial charge in [0.05, 0.1) is 29.7 Å². The van der Waals surface area contributed by atoms with Crippen molar-refractivity contribution in [3.05, 3.63) is 41.7 Å². The number of hydrogen-bond donors (Lipinski definition) is 1. The van der Waals surface area contributed by atoms with Crippen LogP contribution in [0.2, 0.25) is 0 Å². The molecule has 2 rings (SSSR count). The van der Waals surface area contributed by atoms with Crippen LogP contribution in [0.25, 0.3) is 11.3 Å². The Hall–Kier alpha value is -2.41. The van der Waals surface area contributed by atoms with E-state index in [0.717, 1.165) is 29.2 Å². The third-order valence-electron chi connectivity index (χ3n) is 2.65. The van der Waals surface area contributed by atoms with E-state index in [-0.39, 0.29) is 0 Å². The summed E-state index contributed by atoms with van der Waals surface area (Å²) < 4.78 is 0. The van der Waals surface area contributed by atoms with E-state index in [0.29, 0.717) is 5.56 Å². The summed E-state index contributed by atoms with van der Waals surface area (Å²) in [5, 5.41) is 12.1. The largest absolute Gasteiger partial charge is 0.369 e. The Bertz CT molecular complexity index is 599. The van der Waals surface area contributed by atoms with Gasteiger partial charge in [0.2, 0.25) is 0 Å². The van der Waals surface area contributed by atoms with E-state index < -0.39 is 0 Å². The molecule has 0 aliphatic carbocycles. The minimum Gasteiger partial charge on any atom is -0.369 e. The van der Waals surface area contributed by atoms with Crippen LogP contribution in [-0.2, 0) is 0 Å². The van der Waals surface area contributed by atoms with E-state index >= 15 is 0 Å². The van der Waals surface area contributed by atoms with Gasteiger partial charge in [-0.2, -0.15) is 5.26 Å². The Kier molecular flexibility index (Phi) is 3.54. The lowest BCUT2D eigenvalue weighted by Gasteiger charge is -2.06. The second-order valence-electron chi connectivity index (χ2n) is 3.96. The molecule has 1 heterocycles. The minimum atomic E-state index is 0.670. The van der Waals surface area contributed by atoms with Gasteiger partial charge in [-0.25, -0.2) is 4.98 Å². The second kappa shape index (κ2) is 5.28.